The summed E-state index contributed by atoms with van der Waals surface area (Å²) in [5, 5.41) is 12.7. The number of aromatic nitrogens is 2. The standard InChI is InChI=1S/C17H19N5O/c1-12-3-4-13(9-18)15(7-12)22-6-5-14(10-22)21-16-8-17(23-2)20-11-19-16/h3-4,7-8,11,14H,5-6,10H2,1-2H3,(H,19,20,21). The maximum atomic E-state index is 9.31. The Morgan fingerprint density at radius 2 is 2.22 bits per heavy atom. The highest BCUT2D eigenvalue weighted by molar-refractivity contribution is 5.61. The summed E-state index contributed by atoms with van der Waals surface area (Å²) in [7, 11) is 1.59. The van der Waals surface area contributed by atoms with Gasteiger partial charge in [0.05, 0.1) is 18.4 Å². The number of hydrogen-bond acceptors (Lipinski definition) is 6. The normalized spacial score (nSPS) is 16.9. The Kier molecular flexibility index (Phi) is 4.29. The number of benzene rings is 1. The summed E-state index contributed by atoms with van der Waals surface area (Å²) >= 11 is 0. The van der Waals surface area contributed by atoms with E-state index in [1.54, 1.807) is 13.2 Å². The van der Waals surface area contributed by atoms with Gasteiger partial charge in [-0.05, 0) is 31.0 Å². The van der Waals surface area contributed by atoms with Gasteiger partial charge in [-0.25, -0.2) is 9.97 Å². The molecule has 23 heavy (non-hydrogen) atoms. The summed E-state index contributed by atoms with van der Waals surface area (Å²) in [5.74, 6) is 1.30. The molecule has 0 saturated carbocycles. The van der Waals surface area contributed by atoms with Crippen LogP contribution in [0.15, 0.2) is 30.6 Å². The van der Waals surface area contributed by atoms with Gasteiger partial charge in [0, 0.05) is 25.2 Å². The van der Waals surface area contributed by atoms with Gasteiger partial charge in [0.1, 0.15) is 18.2 Å². The molecule has 1 atom stereocenters. The van der Waals surface area contributed by atoms with Crippen molar-refractivity contribution < 1.29 is 4.74 Å². The zero-order chi connectivity index (χ0) is 16.2. The Bertz CT molecular complexity index is 740. The van der Waals surface area contributed by atoms with E-state index in [0.29, 0.717) is 5.88 Å². The van der Waals surface area contributed by atoms with Crippen LogP contribution in [0.5, 0.6) is 5.88 Å². The molecule has 1 aliphatic rings. The molecule has 1 aromatic carbocycles. The lowest BCUT2D eigenvalue weighted by Gasteiger charge is -2.21. The van der Waals surface area contributed by atoms with Gasteiger partial charge in [0.25, 0.3) is 0 Å². The first-order valence-corrected chi connectivity index (χ1v) is 7.58. The van der Waals surface area contributed by atoms with Crippen molar-refractivity contribution in [3.8, 4) is 11.9 Å². The Morgan fingerprint density at radius 1 is 1.35 bits per heavy atom. The fraction of sp³-hybridized carbons (Fsp3) is 0.353. The van der Waals surface area contributed by atoms with Crippen LogP contribution >= 0.6 is 0 Å². The van der Waals surface area contributed by atoms with Gasteiger partial charge in [0.15, 0.2) is 0 Å². The summed E-state index contributed by atoms with van der Waals surface area (Å²) in [4.78, 5) is 10.5. The van der Waals surface area contributed by atoms with Crippen molar-refractivity contribution in [2.75, 3.05) is 30.4 Å². The number of nitrogens with zero attached hydrogens (tertiary/aromatic N) is 4. The second-order valence-electron chi connectivity index (χ2n) is 5.65. The zero-order valence-corrected chi connectivity index (χ0v) is 13.3. The van der Waals surface area contributed by atoms with Gasteiger partial charge in [0.2, 0.25) is 5.88 Å². The maximum Gasteiger partial charge on any atom is 0.218 e. The predicted molar refractivity (Wildman–Crippen MR) is 88.7 cm³/mol. The topological polar surface area (TPSA) is 74.1 Å². The second kappa shape index (κ2) is 6.53. The third kappa shape index (κ3) is 3.34. The summed E-state index contributed by atoms with van der Waals surface area (Å²) in [6, 6.07) is 10.3. The first kappa shape index (κ1) is 15.1. The Hall–Kier alpha value is -2.81. The lowest BCUT2D eigenvalue weighted by Crippen LogP contribution is -2.26. The van der Waals surface area contributed by atoms with Crippen molar-refractivity contribution in [2.24, 2.45) is 0 Å². The molecule has 1 saturated heterocycles. The van der Waals surface area contributed by atoms with Crippen LogP contribution in [0.1, 0.15) is 17.5 Å². The van der Waals surface area contributed by atoms with Gasteiger partial charge in [-0.2, -0.15) is 5.26 Å². The average Bonchev–Trinajstić information content (AvgIpc) is 3.03. The number of aryl methyl sites for hydroxylation is 1. The van der Waals surface area contributed by atoms with Crippen LogP contribution in [0.2, 0.25) is 0 Å². The van der Waals surface area contributed by atoms with Crippen molar-refractivity contribution in [2.45, 2.75) is 19.4 Å². The van der Waals surface area contributed by atoms with Gasteiger partial charge in [-0.3, -0.25) is 0 Å². The minimum atomic E-state index is 0.279. The molecule has 2 heterocycles. The van der Waals surface area contributed by atoms with E-state index >= 15 is 0 Å². The van der Waals surface area contributed by atoms with Gasteiger partial charge >= 0.3 is 0 Å². The zero-order valence-electron chi connectivity index (χ0n) is 13.3. The number of rotatable bonds is 4. The molecule has 1 N–H and O–H groups in total. The monoisotopic (exact) mass is 309 g/mol. The van der Waals surface area contributed by atoms with Crippen LogP contribution in [0.25, 0.3) is 0 Å². The molecule has 0 amide bonds. The average molecular weight is 309 g/mol. The quantitative estimate of drug-likeness (QED) is 0.934. The highest BCUT2D eigenvalue weighted by Crippen LogP contribution is 2.26. The maximum absolute atomic E-state index is 9.31. The predicted octanol–water partition coefficient (Wildman–Crippen LogP) is 2.36. The summed E-state index contributed by atoms with van der Waals surface area (Å²) < 4.78 is 5.12. The Morgan fingerprint density at radius 3 is 3.00 bits per heavy atom. The van der Waals surface area contributed by atoms with Gasteiger partial charge < -0.3 is 15.0 Å². The molecule has 118 valence electrons. The molecular weight excluding hydrogens is 290 g/mol. The lowest BCUT2D eigenvalue weighted by molar-refractivity contribution is 0.397. The summed E-state index contributed by atoms with van der Waals surface area (Å²) in [6.45, 7) is 3.80. The van der Waals surface area contributed by atoms with E-state index in [-0.39, 0.29) is 6.04 Å². The molecule has 0 bridgehead atoms. The molecule has 6 nitrogen and oxygen atoms in total. The number of ether oxygens (including phenoxy) is 1. The van der Waals surface area contributed by atoms with Crippen molar-refractivity contribution >= 4 is 11.5 Å². The molecule has 0 spiro atoms. The fourth-order valence-electron chi connectivity index (χ4n) is 2.83. The molecule has 1 fully saturated rings. The molecule has 6 heteroatoms. The smallest absolute Gasteiger partial charge is 0.218 e. The molecule has 1 aliphatic heterocycles. The summed E-state index contributed by atoms with van der Waals surface area (Å²) in [6.07, 6.45) is 2.48. The van der Waals surface area contributed by atoms with Crippen LogP contribution in [-0.2, 0) is 0 Å². The number of nitriles is 1. The van der Waals surface area contributed by atoms with Crippen molar-refractivity contribution in [1.82, 2.24) is 9.97 Å². The van der Waals surface area contributed by atoms with Crippen LogP contribution < -0.4 is 15.0 Å². The lowest BCUT2D eigenvalue weighted by atomic mass is 10.1. The van der Waals surface area contributed by atoms with E-state index in [4.69, 9.17) is 4.74 Å². The van der Waals surface area contributed by atoms with Crippen molar-refractivity contribution in [3.63, 3.8) is 0 Å². The molecular formula is C17H19N5O. The highest BCUT2D eigenvalue weighted by Gasteiger charge is 2.24. The van der Waals surface area contributed by atoms with Crippen LogP contribution in [0, 0.1) is 18.3 Å². The third-order valence-corrected chi connectivity index (χ3v) is 4.01. The van der Waals surface area contributed by atoms with E-state index in [1.165, 1.54) is 6.33 Å². The first-order valence-electron chi connectivity index (χ1n) is 7.58. The Balaban J connectivity index is 1.71. The van der Waals surface area contributed by atoms with E-state index in [0.717, 1.165) is 42.1 Å². The van der Waals surface area contributed by atoms with E-state index in [1.807, 2.05) is 19.1 Å². The minimum absolute atomic E-state index is 0.279. The molecule has 3 rings (SSSR count). The second-order valence-corrected chi connectivity index (χ2v) is 5.65. The molecule has 0 aliphatic carbocycles. The van der Waals surface area contributed by atoms with Crippen molar-refractivity contribution in [3.05, 3.63) is 41.7 Å². The number of hydrogen-bond donors (Lipinski definition) is 1. The number of nitrogens with one attached hydrogen (secondary N) is 1. The molecule has 1 aromatic heterocycles. The Labute approximate surface area is 135 Å². The minimum Gasteiger partial charge on any atom is -0.481 e. The van der Waals surface area contributed by atoms with Crippen LogP contribution in [0.4, 0.5) is 11.5 Å². The van der Waals surface area contributed by atoms with Crippen LogP contribution in [-0.4, -0.2) is 36.2 Å². The highest BCUT2D eigenvalue weighted by atomic mass is 16.5. The summed E-state index contributed by atoms with van der Waals surface area (Å²) in [5.41, 5.74) is 2.90. The number of methoxy groups -OCH3 is 1. The molecule has 2 aromatic rings. The SMILES string of the molecule is COc1cc(NC2CCN(c3cc(C)ccc3C#N)C2)ncn1. The fourth-order valence-corrected chi connectivity index (χ4v) is 2.83. The third-order valence-electron chi connectivity index (χ3n) is 4.01. The molecule has 0 radical (unpaired) electrons. The van der Waals surface area contributed by atoms with E-state index in [2.05, 4.69) is 32.3 Å². The van der Waals surface area contributed by atoms with Gasteiger partial charge in [-0.1, -0.05) is 6.07 Å². The first-order chi connectivity index (χ1) is 11.2. The molecule has 1 unspecified atom stereocenters. The van der Waals surface area contributed by atoms with Crippen molar-refractivity contribution in [1.29, 1.82) is 5.26 Å². The number of anilines is 2. The van der Waals surface area contributed by atoms with E-state index in [9.17, 15) is 5.26 Å². The largest absolute Gasteiger partial charge is 0.481 e. The van der Waals surface area contributed by atoms with Gasteiger partial charge in [-0.15, -0.1) is 0 Å². The van der Waals surface area contributed by atoms with Crippen LogP contribution in [0.3, 0.4) is 0 Å². The van der Waals surface area contributed by atoms with E-state index < -0.39 is 0 Å².